The van der Waals surface area contributed by atoms with E-state index in [-0.39, 0.29) is 13.0 Å². The topological polar surface area (TPSA) is 157 Å². The number of nitrogens with one attached hydrogen (secondary N) is 2. The molecule has 0 saturated carbocycles. The molecule has 4 amide bonds. The lowest BCUT2D eigenvalue weighted by Gasteiger charge is -2.36. The average molecular weight is 681 g/mol. The number of aryl methyl sites for hydroxylation is 1. The highest BCUT2D eigenvalue weighted by molar-refractivity contribution is 5.96. The van der Waals surface area contributed by atoms with Crippen molar-refractivity contribution < 1.29 is 33.4 Å². The second-order valence-corrected chi connectivity index (χ2v) is 14.4. The van der Waals surface area contributed by atoms with Gasteiger partial charge in [-0.2, -0.15) is 0 Å². The van der Waals surface area contributed by atoms with Crippen molar-refractivity contribution >= 4 is 29.8 Å². The first-order valence-electron chi connectivity index (χ1n) is 17.0. The number of nitrogens with two attached hydrogens (primary N) is 1. The number of esters is 1. The van der Waals surface area contributed by atoms with Crippen molar-refractivity contribution in [1.29, 1.82) is 0 Å². The molecule has 270 valence electrons. The summed E-state index contributed by atoms with van der Waals surface area (Å²) in [5.41, 5.74) is 6.87. The maximum absolute atomic E-state index is 14.7. The highest BCUT2D eigenvalue weighted by Gasteiger charge is 2.39. The third-order valence-corrected chi connectivity index (χ3v) is 7.72. The number of hydrogen-bond donors (Lipinski definition) is 3. The molecule has 0 saturated heterocycles. The molecule has 49 heavy (non-hydrogen) atoms. The molecule has 0 heterocycles. The van der Waals surface area contributed by atoms with Crippen LogP contribution in [0.1, 0.15) is 109 Å². The van der Waals surface area contributed by atoms with Gasteiger partial charge in [0.2, 0.25) is 17.7 Å². The Morgan fingerprint density at radius 3 is 2.00 bits per heavy atom. The Balaban J connectivity index is 2.70. The molecule has 0 aliphatic rings. The van der Waals surface area contributed by atoms with Gasteiger partial charge in [0.05, 0.1) is 6.42 Å². The highest BCUT2D eigenvalue weighted by atomic mass is 16.6. The summed E-state index contributed by atoms with van der Waals surface area (Å²) in [6, 6.07) is 11.0. The van der Waals surface area contributed by atoms with Gasteiger partial charge >= 0.3 is 12.1 Å². The van der Waals surface area contributed by atoms with E-state index in [1.165, 1.54) is 4.90 Å². The van der Waals surface area contributed by atoms with Crippen LogP contribution in [0.4, 0.5) is 4.79 Å². The van der Waals surface area contributed by atoms with Gasteiger partial charge in [0.25, 0.3) is 0 Å². The van der Waals surface area contributed by atoms with E-state index in [4.69, 9.17) is 15.2 Å². The monoisotopic (exact) mass is 680 g/mol. The minimum absolute atomic E-state index is 0.130. The van der Waals surface area contributed by atoms with E-state index in [2.05, 4.69) is 17.6 Å². The summed E-state index contributed by atoms with van der Waals surface area (Å²) in [7, 11) is 0. The zero-order valence-electron chi connectivity index (χ0n) is 30.7. The molecule has 0 spiro atoms. The summed E-state index contributed by atoms with van der Waals surface area (Å²) in [6.07, 6.45) is 1.89. The van der Waals surface area contributed by atoms with Crippen molar-refractivity contribution in [2.24, 2.45) is 5.73 Å². The minimum Gasteiger partial charge on any atom is -0.458 e. The number of nitrogens with zero attached hydrogens (tertiary/aromatic N) is 1. The normalized spacial score (nSPS) is 13.4. The SMILES string of the molecule is CCCCCCN(C(=O)C(CC(N)=O)NC(=O)OC(C)(C)C)C(C(=O)NC(Cc1ccccc1)C(=O)OC(C)(C)C)c1cccc(C)c1C. The van der Waals surface area contributed by atoms with Crippen LogP contribution in [0, 0.1) is 13.8 Å². The fourth-order valence-corrected chi connectivity index (χ4v) is 5.31. The minimum atomic E-state index is -1.41. The molecule has 2 aromatic carbocycles. The molecule has 0 fully saturated rings. The lowest BCUT2D eigenvalue weighted by Crippen LogP contribution is -2.56. The number of alkyl carbamates (subject to hydrolysis) is 1. The zero-order valence-corrected chi connectivity index (χ0v) is 30.7. The van der Waals surface area contributed by atoms with E-state index < -0.39 is 65.5 Å². The number of rotatable bonds is 16. The summed E-state index contributed by atoms with van der Waals surface area (Å²) >= 11 is 0. The smallest absolute Gasteiger partial charge is 0.408 e. The Bertz CT molecular complexity index is 1430. The molecule has 2 aromatic rings. The van der Waals surface area contributed by atoms with Gasteiger partial charge in [-0.15, -0.1) is 0 Å². The number of carbonyl (C=O) groups excluding carboxylic acids is 5. The summed E-state index contributed by atoms with van der Waals surface area (Å²) < 4.78 is 11.1. The van der Waals surface area contributed by atoms with Crippen molar-refractivity contribution in [1.82, 2.24) is 15.5 Å². The van der Waals surface area contributed by atoms with Gasteiger partial charge in [-0.05, 0) is 84.1 Å². The van der Waals surface area contributed by atoms with E-state index in [9.17, 15) is 24.0 Å². The van der Waals surface area contributed by atoms with Crippen LogP contribution in [-0.2, 0) is 35.1 Å². The van der Waals surface area contributed by atoms with Crippen molar-refractivity contribution in [3.05, 3.63) is 70.8 Å². The first-order valence-corrected chi connectivity index (χ1v) is 17.0. The third kappa shape index (κ3) is 13.9. The van der Waals surface area contributed by atoms with Gasteiger partial charge in [0.15, 0.2) is 0 Å². The molecule has 0 aliphatic carbocycles. The van der Waals surface area contributed by atoms with E-state index >= 15 is 0 Å². The number of carbonyl (C=O) groups is 5. The van der Waals surface area contributed by atoms with Crippen molar-refractivity contribution in [2.45, 2.75) is 130 Å². The van der Waals surface area contributed by atoms with Gasteiger partial charge in [-0.1, -0.05) is 74.7 Å². The number of benzene rings is 2. The predicted octanol–water partition coefficient (Wildman–Crippen LogP) is 5.59. The molecule has 3 atom stereocenters. The maximum atomic E-state index is 14.7. The summed E-state index contributed by atoms with van der Waals surface area (Å²) in [4.78, 5) is 69.2. The number of unbranched alkanes of at least 4 members (excludes halogenated alkanes) is 3. The number of ether oxygens (including phenoxy) is 2. The molecule has 11 nitrogen and oxygen atoms in total. The molecular formula is C38H56N4O7. The van der Waals surface area contributed by atoms with E-state index in [0.717, 1.165) is 36.0 Å². The highest BCUT2D eigenvalue weighted by Crippen LogP contribution is 2.29. The molecule has 2 rings (SSSR count). The molecule has 3 unspecified atom stereocenters. The summed E-state index contributed by atoms with van der Waals surface area (Å²) in [5, 5.41) is 5.43. The van der Waals surface area contributed by atoms with Gasteiger partial charge in [-0.3, -0.25) is 14.4 Å². The van der Waals surface area contributed by atoms with Gasteiger partial charge in [0, 0.05) is 13.0 Å². The van der Waals surface area contributed by atoms with Crippen LogP contribution in [-0.4, -0.2) is 64.5 Å². The molecule has 0 aromatic heterocycles. The predicted molar refractivity (Wildman–Crippen MR) is 189 cm³/mol. The van der Waals surface area contributed by atoms with E-state index in [1.54, 1.807) is 53.7 Å². The maximum Gasteiger partial charge on any atom is 0.408 e. The van der Waals surface area contributed by atoms with Crippen LogP contribution in [0.2, 0.25) is 0 Å². The fraction of sp³-hybridized carbons (Fsp3) is 0.553. The lowest BCUT2D eigenvalue weighted by atomic mass is 9.94. The Morgan fingerprint density at radius 1 is 0.796 bits per heavy atom. The standard InChI is InChI=1S/C38H56N4O7/c1-10-11-12-16-22-42(34(45)29(24-31(39)43)41-36(47)49-38(7,8)9)32(28-21-17-18-25(2)26(28)3)33(44)40-30(35(46)48-37(4,5)6)23-27-19-14-13-15-20-27/h13-15,17-21,29-30,32H,10-12,16,22-24H2,1-9H3,(H2,39,43)(H,40,44)(H,41,47). The zero-order chi connectivity index (χ0) is 36.9. The first kappa shape index (κ1) is 40.8. The summed E-state index contributed by atoms with van der Waals surface area (Å²) in [5.74, 6) is -2.73. The second kappa shape index (κ2) is 18.4. The van der Waals surface area contributed by atoms with Gasteiger partial charge in [0.1, 0.15) is 29.3 Å². The number of hydrogen-bond acceptors (Lipinski definition) is 7. The molecule has 4 N–H and O–H groups in total. The molecule has 11 heteroatoms. The summed E-state index contributed by atoms with van der Waals surface area (Å²) in [6.45, 7) is 16.2. The van der Waals surface area contributed by atoms with Crippen LogP contribution in [0.15, 0.2) is 48.5 Å². The van der Waals surface area contributed by atoms with Crippen LogP contribution in [0.25, 0.3) is 0 Å². The average Bonchev–Trinajstić information content (AvgIpc) is 2.98. The van der Waals surface area contributed by atoms with Gasteiger partial charge in [-0.25, -0.2) is 9.59 Å². The van der Waals surface area contributed by atoms with E-state index in [1.807, 2.05) is 50.2 Å². The fourth-order valence-electron chi connectivity index (χ4n) is 5.31. The van der Waals surface area contributed by atoms with Crippen molar-refractivity contribution in [2.75, 3.05) is 6.54 Å². The van der Waals surface area contributed by atoms with Crippen LogP contribution < -0.4 is 16.4 Å². The first-order chi connectivity index (χ1) is 22.8. The quantitative estimate of drug-likeness (QED) is 0.154. The van der Waals surface area contributed by atoms with Crippen molar-refractivity contribution in [3.63, 3.8) is 0 Å². The van der Waals surface area contributed by atoms with E-state index in [0.29, 0.717) is 12.0 Å². The van der Waals surface area contributed by atoms with Crippen LogP contribution >= 0.6 is 0 Å². The number of amides is 4. The molecular weight excluding hydrogens is 624 g/mol. The van der Waals surface area contributed by atoms with Crippen LogP contribution in [0.3, 0.4) is 0 Å². The second-order valence-electron chi connectivity index (χ2n) is 14.4. The molecule has 0 aliphatic heterocycles. The lowest BCUT2D eigenvalue weighted by molar-refractivity contribution is -0.159. The van der Waals surface area contributed by atoms with Gasteiger partial charge < -0.3 is 30.7 Å². The van der Waals surface area contributed by atoms with Crippen molar-refractivity contribution in [3.8, 4) is 0 Å². The molecule has 0 radical (unpaired) electrons. The Labute approximate surface area is 291 Å². The van der Waals surface area contributed by atoms with Crippen LogP contribution in [0.5, 0.6) is 0 Å². The largest absolute Gasteiger partial charge is 0.458 e. The Hall–Kier alpha value is -4.41. The Kier molecular flexibility index (Phi) is 15.3. The molecule has 0 bridgehead atoms. The third-order valence-electron chi connectivity index (χ3n) is 7.72. The Morgan fingerprint density at radius 2 is 1.43 bits per heavy atom. The number of primary amides is 1.